The van der Waals surface area contributed by atoms with Gasteiger partial charge in [-0.2, -0.15) is 0 Å². The first-order valence-electron chi connectivity index (χ1n) is 5.59. The Hall–Kier alpha value is -0.970. The van der Waals surface area contributed by atoms with E-state index in [1.54, 1.807) is 11.8 Å². The van der Waals surface area contributed by atoms with E-state index in [1.807, 2.05) is 12.3 Å². The van der Waals surface area contributed by atoms with Gasteiger partial charge in [0.05, 0.1) is 0 Å². The Morgan fingerprint density at radius 3 is 2.69 bits per heavy atom. The SMILES string of the molecule is CCCN(C)c1cc(NCC)nc(SC)n1. The molecule has 90 valence electrons. The summed E-state index contributed by atoms with van der Waals surface area (Å²) in [5, 5.41) is 4.04. The van der Waals surface area contributed by atoms with Crippen molar-refractivity contribution in [3.8, 4) is 0 Å². The van der Waals surface area contributed by atoms with Gasteiger partial charge in [0, 0.05) is 26.2 Å². The van der Waals surface area contributed by atoms with E-state index < -0.39 is 0 Å². The van der Waals surface area contributed by atoms with E-state index in [1.165, 1.54) is 0 Å². The Kier molecular flexibility index (Phi) is 5.38. The van der Waals surface area contributed by atoms with Crippen LogP contribution < -0.4 is 10.2 Å². The maximum absolute atomic E-state index is 4.49. The van der Waals surface area contributed by atoms with Crippen LogP contribution in [0.3, 0.4) is 0 Å². The van der Waals surface area contributed by atoms with E-state index in [9.17, 15) is 0 Å². The second kappa shape index (κ2) is 6.58. The monoisotopic (exact) mass is 240 g/mol. The van der Waals surface area contributed by atoms with E-state index in [0.717, 1.165) is 36.3 Å². The Bertz CT molecular complexity index is 330. The zero-order chi connectivity index (χ0) is 12.0. The molecule has 0 aromatic carbocycles. The van der Waals surface area contributed by atoms with Crippen LogP contribution in [0.25, 0.3) is 0 Å². The minimum absolute atomic E-state index is 0.816. The van der Waals surface area contributed by atoms with Crippen LogP contribution in [0.5, 0.6) is 0 Å². The first-order chi connectivity index (χ1) is 7.71. The van der Waals surface area contributed by atoms with E-state index in [0.29, 0.717) is 0 Å². The molecule has 16 heavy (non-hydrogen) atoms. The summed E-state index contributed by atoms with van der Waals surface area (Å²) >= 11 is 1.57. The van der Waals surface area contributed by atoms with Crippen molar-refractivity contribution in [2.45, 2.75) is 25.4 Å². The number of nitrogens with zero attached hydrogens (tertiary/aromatic N) is 3. The van der Waals surface area contributed by atoms with Crippen LogP contribution in [-0.4, -0.2) is 36.4 Å². The van der Waals surface area contributed by atoms with Gasteiger partial charge < -0.3 is 10.2 Å². The van der Waals surface area contributed by atoms with Gasteiger partial charge in [-0.15, -0.1) is 0 Å². The highest BCUT2D eigenvalue weighted by Crippen LogP contribution is 2.19. The van der Waals surface area contributed by atoms with E-state index in [4.69, 9.17) is 0 Å². The van der Waals surface area contributed by atoms with Crippen molar-refractivity contribution >= 4 is 23.4 Å². The molecule has 1 rings (SSSR count). The van der Waals surface area contributed by atoms with Gasteiger partial charge >= 0.3 is 0 Å². The second-order valence-corrected chi connectivity index (χ2v) is 4.32. The van der Waals surface area contributed by atoms with E-state index in [2.05, 4.69) is 41.1 Å². The van der Waals surface area contributed by atoms with Crippen molar-refractivity contribution in [1.29, 1.82) is 0 Å². The maximum Gasteiger partial charge on any atom is 0.191 e. The van der Waals surface area contributed by atoms with Crippen molar-refractivity contribution < 1.29 is 0 Å². The van der Waals surface area contributed by atoms with Gasteiger partial charge in [0.2, 0.25) is 0 Å². The third-order valence-electron chi connectivity index (χ3n) is 2.18. The van der Waals surface area contributed by atoms with Crippen LogP contribution in [0.4, 0.5) is 11.6 Å². The van der Waals surface area contributed by atoms with E-state index >= 15 is 0 Å². The van der Waals surface area contributed by atoms with Gasteiger partial charge in [0.15, 0.2) is 5.16 Å². The molecule has 0 unspecified atom stereocenters. The van der Waals surface area contributed by atoms with Gasteiger partial charge in [0.1, 0.15) is 11.6 Å². The van der Waals surface area contributed by atoms with Crippen LogP contribution in [0.1, 0.15) is 20.3 Å². The topological polar surface area (TPSA) is 41.0 Å². The summed E-state index contributed by atoms with van der Waals surface area (Å²) in [4.78, 5) is 11.0. The van der Waals surface area contributed by atoms with Gasteiger partial charge in [-0.25, -0.2) is 9.97 Å². The molecule has 0 aliphatic heterocycles. The fraction of sp³-hybridized carbons (Fsp3) is 0.636. The summed E-state index contributed by atoms with van der Waals surface area (Å²) in [5.74, 6) is 1.89. The van der Waals surface area contributed by atoms with E-state index in [-0.39, 0.29) is 0 Å². The predicted octanol–water partition coefficient (Wildman–Crippen LogP) is 2.48. The lowest BCUT2D eigenvalue weighted by Crippen LogP contribution is -2.19. The smallest absolute Gasteiger partial charge is 0.191 e. The zero-order valence-electron chi connectivity index (χ0n) is 10.4. The lowest BCUT2D eigenvalue weighted by molar-refractivity contribution is 0.817. The highest BCUT2D eigenvalue weighted by molar-refractivity contribution is 7.98. The molecule has 0 amide bonds. The molecule has 0 aliphatic carbocycles. The molecule has 0 bridgehead atoms. The molecule has 1 N–H and O–H groups in total. The molecule has 0 saturated heterocycles. The number of thioether (sulfide) groups is 1. The molecule has 0 fully saturated rings. The third-order valence-corrected chi connectivity index (χ3v) is 2.73. The van der Waals surface area contributed by atoms with Crippen molar-refractivity contribution in [2.75, 3.05) is 36.6 Å². The highest BCUT2D eigenvalue weighted by Gasteiger charge is 2.06. The number of anilines is 2. The standard InChI is InChI=1S/C11H20N4S/c1-5-7-15(3)10-8-9(12-6-2)13-11(14-10)16-4/h8H,5-7H2,1-4H3,(H,12,13,14). The summed E-state index contributed by atoms with van der Waals surface area (Å²) in [5.41, 5.74) is 0. The quantitative estimate of drug-likeness (QED) is 0.611. The maximum atomic E-state index is 4.49. The number of nitrogens with one attached hydrogen (secondary N) is 1. The molecular formula is C11H20N4S. The van der Waals surface area contributed by atoms with Gasteiger partial charge in [0.25, 0.3) is 0 Å². The fourth-order valence-corrected chi connectivity index (χ4v) is 1.80. The lowest BCUT2D eigenvalue weighted by Gasteiger charge is -2.18. The van der Waals surface area contributed by atoms with Crippen molar-refractivity contribution in [2.24, 2.45) is 0 Å². The first kappa shape index (κ1) is 13.1. The molecule has 0 atom stereocenters. The molecule has 0 radical (unpaired) electrons. The molecule has 0 spiro atoms. The average Bonchev–Trinajstić information content (AvgIpc) is 2.29. The summed E-state index contributed by atoms with van der Waals surface area (Å²) in [7, 11) is 2.06. The molecule has 1 heterocycles. The summed E-state index contributed by atoms with van der Waals surface area (Å²) in [6.45, 7) is 6.12. The molecule has 0 saturated carbocycles. The molecule has 5 heteroatoms. The van der Waals surface area contributed by atoms with Crippen molar-refractivity contribution in [1.82, 2.24) is 9.97 Å². The summed E-state index contributed by atoms with van der Waals surface area (Å²) in [6, 6.07) is 2.00. The van der Waals surface area contributed by atoms with Gasteiger partial charge in [-0.1, -0.05) is 18.7 Å². The highest BCUT2D eigenvalue weighted by atomic mass is 32.2. The Balaban J connectivity index is 2.93. The summed E-state index contributed by atoms with van der Waals surface area (Å²) in [6.07, 6.45) is 3.11. The predicted molar refractivity (Wildman–Crippen MR) is 71.5 cm³/mol. The summed E-state index contributed by atoms with van der Waals surface area (Å²) < 4.78 is 0. The number of rotatable bonds is 6. The molecule has 4 nitrogen and oxygen atoms in total. The number of aromatic nitrogens is 2. The van der Waals surface area contributed by atoms with Crippen LogP contribution in [0.15, 0.2) is 11.2 Å². The Morgan fingerprint density at radius 2 is 2.12 bits per heavy atom. The Labute approximate surface area is 102 Å². The third kappa shape index (κ3) is 3.56. The molecule has 0 aliphatic rings. The first-order valence-corrected chi connectivity index (χ1v) is 6.81. The zero-order valence-corrected chi connectivity index (χ0v) is 11.3. The fourth-order valence-electron chi connectivity index (χ4n) is 1.42. The minimum atomic E-state index is 0.816. The van der Waals surface area contributed by atoms with Crippen LogP contribution in [-0.2, 0) is 0 Å². The van der Waals surface area contributed by atoms with Crippen LogP contribution in [0, 0.1) is 0 Å². The van der Waals surface area contributed by atoms with Crippen molar-refractivity contribution in [3.63, 3.8) is 0 Å². The average molecular weight is 240 g/mol. The normalized spacial score (nSPS) is 10.2. The minimum Gasteiger partial charge on any atom is -0.370 e. The molecular weight excluding hydrogens is 220 g/mol. The number of hydrogen-bond donors (Lipinski definition) is 1. The second-order valence-electron chi connectivity index (χ2n) is 3.55. The van der Waals surface area contributed by atoms with Gasteiger partial charge in [-0.05, 0) is 19.6 Å². The largest absolute Gasteiger partial charge is 0.370 e. The molecule has 1 aromatic rings. The molecule has 1 aromatic heterocycles. The number of hydrogen-bond acceptors (Lipinski definition) is 5. The van der Waals surface area contributed by atoms with Gasteiger partial charge in [-0.3, -0.25) is 0 Å². The van der Waals surface area contributed by atoms with Crippen LogP contribution in [0.2, 0.25) is 0 Å². The van der Waals surface area contributed by atoms with Crippen molar-refractivity contribution in [3.05, 3.63) is 6.07 Å². The van der Waals surface area contributed by atoms with Crippen LogP contribution >= 0.6 is 11.8 Å². The lowest BCUT2D eigenvalue weighted by atomic mass is 10.4. The Morgan fingerprint density at radius 1 is 1.38 bits per heavy atom.